The van der Waals surface area contributed by atoms with Crippen LogP contribution in [-0.2, 0) is 14.3 Å². The average molecular weight is 259 g/mol. The molecule has 0 amide bonds. The lowest BCUT2D eigenvalue weighted by molar-refractivity contribution is -0.149. The van der Waals surface area contributed by atoms with Gasteiger partial charge in [0.25, 0.3) is 0 Å². The molecule has 0 bridgehead atoms. The molecule has 0 spiro atoms. The van der Waals surface area contributed by atoms with Gasteiger partial charge in [-0.2, -0.15) is 0 Å². The Bertz CT molecular complexity index is 288. The summed E-state index contributed by atoms with van der Waals surface area (Å²) in [4.78, 5) is 23.2. The molecular formula is C12H21NO5. The van der Waals surface area contributed by atoms with Crippen LogP contribution in [0.3, 0.4) is 0 Å². The first-order chi connectivity index (χ1) is 8.50. The third kappa shape index (κ3) is 5.01. The van der Waals surface area contributed by atoms with E-state index in [-0.39, 0.29) is 6.42 Å². The molecule has 1 aliphatic heterocycles. The number of carboxylic acids is 2. The first kappa shape index (κ1) is 14.9. The van der Waals surface area contributed by atoms with Gasteiger partial charge in [0.1, 0.15) is 6.04 Å². The normalized spacial score (nSPS) is 18.8. The minimum absolute atomic E-state index is 0.361. The second kappa shape index (κ2) is 7.33. The summed E-state index contributed by atoms with van der Waals surface area (Å²) in [6, 6.07) is -0.942. The zero-order valence-corrected chi connectivity index (χ0v) is 10.7. The van der Waals surface area contributed by atoms with E-state index in [2.05, 4.69) is 0 Å². The van der Waals surface area contributed by atoms with Crippen molar-refractivity contribution in [3.05, 3.63) is 0 Å². The van der Waals surface area contributed by atoms with Gasteiger partial charge in [-0.1, -0.05) is 0 Å². The van der Waals surface area contributed by atoms with Gasteiger partial charge in [0.15, 0.2) is 0 Å². The molecule has 1 unspecified atom stereocenters. The number of carbonyl (C=O) groups is 2. The summed E-state index contributed by atoms with van der Waals surface area (Å²) >= 11 is 0. The number of ether oxygens (including phenoxy) is 1. The predicted octanol–water partition coefficient (Wildman–Crippen LogP) is 0.663. The topological polar surface area (TPSA) is 87.1 Å². The molecular weight excluding hydrogens is 238 g/mol. The number of hydrogen-bond donors (Lipinski definition) is 2. The zero-order valence-electron chi connectivity index (χ0n) is 10.7. The fourth-order valence-electron chi connectivity index (χ4n) is 2.17. The van der Waals surface area contributed by atoms with Crippen LogP contribution in [0.1, 0.15) is 25.7 Å². The van der Waals surface area contributed by atoms with Crippen molar-refractivity contribution in [2.45, 2.75) is 31.7 Å². The fraction of sp³-hybridized carbons (Fsp3) is 0.833. The maximum absolute atomic E-state index is 11.0. The quantitative estimate of drug-likeness (QED) is 0.698. The highest BCUT2D eigenvalue weighted by molar-refractivity contribution is 5.80. The van der Waals surface area contributed by atoms with Crippen molar-refractivity contribution in [1.29, 1.82) is 0 Å². The third-order valence-electron chi connectivity index (χ3n) is 3.42. The highest BCUT2D eigenvalue weighted by atomic mass is 16.5. The van der Waals surface area contributed by atoms with Crippen LogP contribution in [0.25, 0.3) is 0 Å². The molecule has 0 saturated carbocycles. The van der Waals surface area contributed by atoms with Crippen molar-refractivity contribution < 1.29 is 24.5 Å². The van der Waals surface area contributed by atoms with Crippen LogP contribution in [0.4, 0.5) is 0 Å². The molecule has 6 heteroatoms. The smallest absolute Gasteiger partial charge is 0.321 e. The molecule has 0 aromatic heterocycles. The van der Waals surface area contributed by atoms with Crippen LogP contribution in [0.2, 0.25) is 0 Å². The van der Waals surface area contributed by atoms with Gasteiger partial charge in [-0.05, 0) is 38.8 Å². The first-order valence-corrected chi connectivity index (χ1v) is 6.23. The third-order valence-corrected chi connectivity index (χ3v) is 3.42. The summed E-state index contributed by atoms with van der Waals surface area (Å²) in [5.74, 6) is -1.60. The van der Waals surface area contributed by atoms with Gasteiger partial charge in [-0.15, -0.1) is 0 Å². The summed E-state index contributed by atoms with van der Waals surface area (Å²) in [6.45, 7) is 2.15. The molecule has 0 aliphatic carbocycles. The number of carboxylic acid groups (broad SMARTS) is 2. The Morgan fingerprint density at radius 3 is 2.44 bits per heavy atom. The van der Waals surface area contributed by atoms with E-state index < -0.39 is 18.0 Å². The maximum atomic E-state index is 11.0. The van der Waals surface area contributed by atoms with Crippen LogP contribution in [0, 0.1) is 5.92 Å². The van der Waals surface area contributed by atoms with E-state index in [9.17, 15) is 9.59 Å². The second-order valence-electron chi connectivity index (χ2n) is 4.78. The van der Waals surface area contributed by atoms with E-state index >= 15 is 0 Å². The average Bonchev–Trinajstić information content (AvgIpc) is 2.34. The summed E-state index contributed by atoms with van der Waals surface area (Å²) in [5.41, 5.74) is 0. The molecule has 18 heavy (non-hydrogen) atoms. The van der Waals surface area contributed by atoms with Gasteiger partial charge in [0.05, 0.1) is 6.42 Å². The summed E-state index contributed by atoms with van der Waals surface area (Å²) < 4.78 is 5.26. The molecule has 0 aromatic carbocycles. The fourth-order valence-corrected chi connectivity index (χ4v) is 2.17. The number of rotatable bonds is 7. The van der Waals surface area contributed by atoms with Crippen LogP contribution in [0.5, 0.6) is 0 Å². The van der Waals surface area contributed by atoms with Crippen molar-refractivity contribution in [2.24, 2.45) is 5.92 Å². The Balaban J connectivity index is 2.37. The lowest BCUT2D eigenvalue weighted by atomic mass is 9.96. The lowest BCUT2D eigenvalue weighted by Gasteiger charge is -2.27. The Hall–Kier alpha value is -1.14. The number of nitrogens with zero attached hydrogens (tertiary/aromatic N) is 1. The van der Waals surface area contributed by atoms with E-state index in [1.54, 1.807) is 11.9 Å². The van der Waals surface area contributed by atoms with Crippen molar-refractivity contribution in [3.8, 4) is 0 Å². The first-order valence-electron chi connectivity index (χ1n) is 6.23. The molecule has 1 atom stereocenters. The van der Waals surface area contributed by atoms with Crippen LogP contribution in [0.15, 0.2) is 0 Å². The van der Waals surface area contributed by atoms with Crippen molar-refractivity contribution in [2.75, 3.05) is 26.8 Å². The highest BCUT2D eigenvalue weighted by Gasteiger charge is 2.26. The van der Waals surface area contributed by atoms with Crippen molar-refractivity contribution in [1.82, 2.24) is 4.90 Å². The van der Waals surface area contributed by atoms with Gasteiger partial charge >= 0.3 is 11.9 Å². The maximum Gasteiger partial charge on any atom is 0.321 e. The highest BCUT2D eigenvalue weighted by Crippen LogP contribution is 2.19. The Morgan fingerprint density at radius 1 is 1.33 bits per heavy atom. The van der Waals surface area contributed by atoms with E-state index in [1.165, 1.54) is 0 Å². The van der Waals surface area contributed by atoms with Crippen LogP contribution >= 0.6 is 0 Å². The van der Waals surface area contributed by atoms with Crippen molar-refractivity contribution in [3.63, 3.8) is 0 Å². The van der Waals surface area contributed by atoms with E-state index in [0.717, 1.165) is 32.5 Å². The molecule has 104 valence electrons. The number of hydrogen-bond acceptors (Lipinski definition) is 4. The molecule has 0 aromatic rings. The number of aliphatic carboxylic acids is 2. The van der Waals surface area contributed by atoms with Gasteiger partial charge in [0.2, 0.25) is 0 Å². The van der Waals surface area contributed by atoms with Crippen LogP contribution in [-0.4, -0.2) is 59.9 Å². The standard InChI is InChI=1S/C12H21NO5/c1-13(10(12(16)17)8-11(14)15)5-2-9-3-6-18-7-4-9/h9-10H,2-8H2,1H3,(H,14,15)(H,16,17). The monoisotopic (exact) mass is 259 g/mol. The van der Waals surface area contributed by atoms with Crippen LogP contribution < -0.4 is 0 Å². The molecule has 1 fully saturated rings. The largest absolute Gasteiger partial charge is 0.481 e. The summed E-state index contributed by atoms with van der Waals surface area (Å²) in [5, 5.41) is 17.7. The van der Waals surface area contributed by atoms with Gasteiger partial charge in [-0.3, -0.25) is 14.5 Å². The van der Waals surface area contributed by atoms with E-state index in [0.29, 0.717) is 12.5 Å². The SMILES string of the molecule is CN(CCC1CCOCC1)C(CC(=O)O)C(=O)O. The second-order valence-corrected chi connectivity index (χ2v) is 4.78. The minimum Gasteiger partial charge on any atom is -0.481 e. The van der Waals surface area contributed by atoms with E-state index in [4.69, 9.17) is 14.9 Å². The summed E-state index contributed by atoms with van der Waals surface area (Å²) in [6.07, 6.45) is 2.54. The number of likely N-dealkylation sites (N-methyl/N-ethyl adjacent to an activating group) is 1. The zero-order chi connectivity index (χ0) is 13.5. The molecule has 1 rings (SSSR count). The minimum atomic E-state index is -1.08. The molecule has 0 radical (unpaired) electrons. The van der Waals surface area contributed by atoms with Gasteiger partial charge in [0, 0.05) is 13.2 Å². The molecule has 1 saturated heterocycles. The van der Waals surface area contributed by atoms with Gasteiger partial charge in [-0.25, -0.2) is 0 Å². The Kier molecular flexibility index (Phi) is 6.07. The summed E-state index contributed by atoms with van der Waals surface area (Å²) in [7, 11) is 1.67. The molecule has 2 N–H and O–H groups in total. The van der Waals surface area contributed by atoms with E-state index in [1.807, 2.05) is 0 Å². The Morgan fingerprint density at radius 2 is 1.94 bits per heavy atom. The molecule has 6 nitrogen and oxygen atoms in total. The van der Waals surface area contributed by atoms with Gasteiger partial charge < -0.3 is 14.9 Å². The van der Waals surface area contributed by atoms with Crippen molar-refractivity contribution >= 4 is 11.9 Å². The predicted molar refractivity (Wildman–Crippen MR) is 64.5 cm³/mol. The lowest BCUT2D eigenvalue weighted by Crippen LogP contribution is -2.41. The molecule has 1 heterocycles. The Labute approximate surface area is 107 Å². The molecule has 1 aliphatic rings.